The Labute approximate surface area is 150 Å². The van der Waals surface area contributed by atoms with Crippen molar-refractivity contribution in [3.05, 3.63) is 41.5 Å². The monoisotopic (exact) mass is 356 g/mol. The third-order valence-corrected chi connectivity index (χ3v) is 5.05. The molecule has 0 saturated carbocycles. The minimum absolute atomic E-state index is 0.416. The molecule has 2 aromatic rings. The zero-order valence-corrected chi connectivity index (χ0v) is 14.2. The molecule has 2 N–H and O–H groups in total. The number of nitrogens with zero attached hydrogens (tertiary/aromatic N) is 2. The van der Waals surface area contributed by atoms with Gasteiger partial charge in [0.2, 0.25) is 0 Å². The second-order valence-corrected chi connectivity index (χ2v) is 6.46. The van der Waals surface area contributed by atoms with Crippen molar-refractivity contribution in [2.75, 3.05) is 44.4 Å². The van der Waals surface area contributed by atoms with Crippen LogP contribution in [0.4, 0.5) is 5.69 Å². The number of ether oxygens (including phenoxy) is 1. The molecule has 1 fully saturated rings. The molecular formula is C19H20N2O5. The zero-order valence-electron chi connectivity index (χ0n) is 14.2. The summed E-state index contributed by atoms with van der Waals surface area (Å²) in [4.78, 5) is 29.0. The molecule has 2 heterocycles. The lowest BCUT2D eigenvalue weighted by Gasteiger charge is -2.34. The number of carbonyl (C=O) groups is 2. The molecule has 26 heavy (non-hydrogen) atoms. The summed E-state index contributed by atoms with van der Waals surface area (Å²) in [5.41, 5.74) is 1.81. The van der Waals surface area contributed by atoms with Crippen molar-refractivity contribution >= 4 is 28.3 Å². The van der Waals surface area contributed by atoms with Gasteiger partial charge in [-0.05, 0) is 18.2 Å². The van der Waals surface area contributed by atoms with Gasteiger partial charge in [0, 0.05) is 40.7 Å². The summed E-state index contributed by atoms with van der Waals surface area (Å²) in [6, 6.07) is 8.07. The second kappa shape index (κ2) is 6.68. The zero-order chi connectivity index (χ0) is 18.3. The normalized spacial score (nSPS) is 17.5. The molecule has 7 heteroatoms. The molecule has 7 nitrogen and oxygen atoms in total. The van der Waals surface area contributed by atoms with E-state index in [1.54, 1.807) is 18.2 Å². The largest absolute Gasteiger partial charge is 0.394 e. The van der Waals surface area contributed by atoms with Crippen molar-refractivity contribution in [1.29, 1.82) is 0 Å². The van der Waals surface area contributed by atoms with Crippen LogP contribution in [0.2, 0.25) is 0 Å². The Hall–Kier alpha value is -2.48. The highest BCUT2D eigenvalue weighted by atomic mass is 16.5. The summed E-state index contributed by atoms with van der Waals surface area (Å²) in [5, 5.41) is 20.4. The van der Waals surface area contributed by atoms with Gasteiger partial charge in [-0.2, -0.15) is 0 Å². The molecule has 0 aromatic heterocycles. The van der Waals surface area contributed by atoms with Crippen molar-refractivity contribution in [3.63, 3.8) is 0 Å². The van der Waals surface area contributed by atoms with Crippen LogP contribution >= 0.6 is 0 Å². The number of anilines is 1. The number of morpholine rings is 1. The Bertz CT molecular complexity index is 849. The maximum atomic E-state index is 12.9. The number of rotatable bonds is 4. The molecular weight excluding hydrogens is 336 g/mol. The van der Waals surface area contributed by atoms with Gasteiger partial charge in [-0.1, -0.05) is 12.1 Å². The molecule has 0 radical (unpaired) electrons. The quantitative estimate of drug-likeness (QED) is 0.781. The smallest absolute Gasteiger partial charge is 0.261 e. The van der Waals surface area contributed by atoms with E-state index >= 15 is 0 Å². The van der Waals surface area contributed by atoms with Crippen LogP contribution in [-0.2, 0) is 4.74 Å². The molecule has 136 valence electrons. The highest BCUT2D eigenvalue weighted by Crippen LogP contribution is 2.36. The number of hydrogen-bond donors (Lipinski definition) is 2. The minimum Gasteiger partial charge on any atom is -0.394 e. The van der Waals surface area contributed by atoms with Gasteiger partial charge in [-0.25, -0.2) is 0 Å². The lowest BCUT2D eigenvalue weighted by Crippen LogP contribution is -2.50. The first kappa shape index (κ1) is 17.0. The van der Waals surface area contributed by atoms with Crippen molar-refractivity contribution in [2.45, 2.75) is 6.04 Å². The average Bonchev–Trinajstić information content (AvgIpc) is 2.69. The van der Waals surface area contributed by atoms with Crippen molar-refractivity contribution < 1.29 is 24.5 Å². The first-order valence-corrected chi connectivity index (χ1v) is 8.65. The predicted molar refractivity (Wildman–Crippen MR) is 95.4 cm³/mol. The molecule has 1 saturated heterocycles. The van der Waals surface area contributed by atoms with Gasteiger partial charge in [0.25, 0.3) is 11.8 Å². The molecule has 0 atom stereocenters. The van der Waals surface area contributed by atoms with E-state index in [4.69, 9.17) is 4.74 Å². The maximum absolute atomic E-state index is 12.9. The Morgan fingerprint density at radius 3 is 2.27 bits per heavy atom. The molecule has 2 aromatic carbocycles. The van der Waals surface area contributed by atoms with E-state index in [0.29, 0.717) is 29.7 Å². The number of amides is 2. The fourth-order valence-electron chi connectivity index (χ4n) is 3.73. The first-order chi connectivity index (χ1) is 12.7. The standard InChI is InChI=1S/C19H20N2O5/c22-10-12(11-23)21-18(24)14-3-1-2-13-16(20-6-8-26-9-7-20)5-4-15(17(13)14)19(21)25/h1-5,12,22-23H,6-11H2. The molecule has 0 spiro atoms. The van der Waals surface area contributed by atoms with E-state index in [1.807, 2.05) is 12.1 Å². The van der Waals surface area contributed by atoms with Gasteiger partial charge < -0.3 is 19.8 Å². The second-order valence-electron chi connectivity index (χ2n) is 6.46. The van der Waals surface area contributed by atoms with E-state index in [0.717, 1.165) is 29.1 Å². The van der Waals surface area contributed by atoms with Crippen LogP contribution in [0.25, 0.3) is 10.8 Å². The summed E-state index contributed by atoms with van der Waals surface area (Å²) in [6.45, 7) is 1.83. The van der Waals surface area contributed by atoms with Crippen LogP contribution in [0.3, 0.4) is 0 Å². The SMILES string of the molecule is O=C1c2cccc3c(N4CCOCC4)ccc(c23)C(=O)N1C(CO)CO. The van der Waals surface area contributed by atoms with Crippen molar-refractivity contribution in [1.82, 2.24) is 4.90 Å². The van der Waals surface area contributed by atoms with Crippen LogP contribution in [0.1, 0.15) is 20.7 Å². The molecule has 4 rings (SSSR count). The van der Waals surface area contributed by atoms with Gasteiger partial charge in [0.05, 0.1) is 32.5 Å². The summed E-state index contributed by atoms with van der Waals surface area (Å²) in [7, 11) is 0. The number of benzene rings is 2. The lowest BCUT2D eigenvalue weighted by molar-refractivity contribution is 0.0375. The van der Waals surface area contributed by atoms with Crippen molar-refractivity contribution in [3.8, 4) is 0 Å². The Kier molecular flexibility index (Phi) is 4.36. The van der Waals surface area contributed by atoms with Gasteiger partial charge in [0.1, 0.15) is 0 Å². The van der Waals surface area contributed by atoms with Gasteiger partial charge in [-0.3, -0.25) is 14.5 Å². The molecule has 2 aliphatic heterocycles. The maximum Gasteiger partial charge on any atom is 0.261 e. The van der Waals surface area contributed by atoms with Gasteiger partial charge in [-0.15, -0.1) is 0 Å². The van der Waals surface area contributed by atoms with Crippen LogP contribution in [0.5, 0.6) is 0 Å². The fourth-order valence-corrected chi connectivity index (χ4v) is 3.73. The van der Waals surface area contributed by atoms with Crippen molar-refractivity contribution in [2.24, 2.45) is 0 Å². The van der Waals surface area contributed by atoms with Crippen LogP contribution in [0, 0.1) is 0 Å². The molecule has 0 unspecified atom stereocenters. The topological polar surface area (TPSA) is 90.3 Å². The third kappa shape index (κ3) is 2.47. The van der Waals surface area contributed by atoms with Crippen LogP contribution in [-0.4, -0.2) is 72.5 Å². The van der Waals surface area contributed by atoms with Crippen LogP contribution < -0.4 is 4.90 Å². The van der Waals surface area contributed by atoms with Crippen LogP contribution in [0.15, 0.2) is 30.3 Å². The Morgan fingerprint density at radius 1 is 0.962 bits per heavy atom. The van der Waals surface area contributed by atoms with E-state index in [9.17, 15) is 19.8 Å². The summed E-state index contributed by atoms with van der Waals surface area (Å²) < 4.78 is 5.41. The summed E-state index contributed by atoms with van der Waals surface area (Å²) in [5.74, 6) is -0.972. The fraction of sp³-hybridized carbons (Fsp3) is 0.368. The third-order valence-electron chi connectivity index (χ3n) is 5.05. The highest BCUT2D eigenvalue weighted by Gasteiger charge is 2.37. The summed E-state index contributed by atoms with van der Waals surface area (Å²) >= 11 is 0. The Morgan fingerprint density at radius 2 is 1.62 bits per heavy atom. The predicted octanol–water partition coefficient (Wildman–Crippen LogP) is 0.626. The van der Waals surface area contributed by atoms with Gasteiger partial charge >= 0.3 is 0 Å². The van der Waals surface area contributed by atoms with E-state index in [2.05, 4.69) is 4.90 Å². The van der Waals surface area contributed by atoms with Gasteiger partial charge in [0.15, 0.2) is 0 Å². The number of hydrogen-bond acceptors (Lipinski definition) is 6. The molecule has 0 bridgehead atoms. The molecule has 0 aliphatic carbocycles. The number of aliphatic hydroxyl groups is 2. The number of carbonyl (C=O) groups excluding carboxylic acids is 2. The van der Waals surface area contributed by atoms with E-state index in [-0.39, 0.29) is 0 Å². The number of imide groups is 1. The Balaban J connectivity index is 1.88. The number of aliphatic hydroxyl groups excluding tert-OH is 2. The van der Waals surface area contributed by atoms with E-state index < -0.39 is 31.1 Å². The minimum atomic E-state index is -0.947. The average molecular weight is 356 g/mol. The molecule has 2 aliphatic rings. The summed E-state index contributed by atoms with van der Waals surface area (Å²) in [6.07, 6.45) is 0. The lowest BCUT2D eigenvalue weighted by atomic mass is 9.92. The first-order valence-electron chi connectivity index (χ1n) is 8.65. The van der Waals surface area contributed by atoms with E-state index in [1.165, 1.54) is 0 Å². The highest BCUT2D eigenvalue weighted by molar-refractivity contribution is 6.27. The molecule has 2 amide bonds.